The first-order chi connectivity index (χ1) is 6.60. The molecule has 1 unspecified atom stereocenters. The van der Waals surface area contributed by atoms with Gasteiger partial charge in [0, 0.05) is 17.9 Å². The number of alkyl halides is 1. The monoisotopic (exact) mass is 281 g/mol. The minimum Gasteiger partial charge on any atom is -0.212 e. The molecule has 0 radical (unpaired) electrons. The van der Waals surface area contributed by atoms with Gasteiger partial charge in [0.15, 0.2) is 0 Å². The molecule has 2 fully saturated rings. The summed E-state index contributed by atoms with van der Waals surface area (Å²) in [6, 6.07) is 0. The average molecular weight is 282 g/mol. The van der Waals surface area contributed by atoms with Gasteiger partial charge in [-0.15, -0.1) is 0 Å². The maximum absolute atomic E-state index is 12.1. The lowest BCUT2D eigenvalue weighted by molar-refractivity contribution is 0.465. The number of rotatable bonds is 2. The second kappa shape index (κ2) is 4.10. The Morgan fingerprint density at radius 2 is 1.79 bits per heavy atom. The molecule has 3 nitrogen and oxygen atoms in total. The van der Waals surface area contributed by atoms with Gasteiger partial charge in [-0.3, -0.25) is 0 Å². The molecule has 0 N–H and O–H groups in total. The summed E-state index contributed by atoms with van der Waals surface area (Å²) in [6.45, 7) is 1.37. The number of sulfonamides is 1. The zero-order valence-corrected chi connectivity index (χ0v) is 10.6. The van der Waals surface area contributed by atoms with Gasteiger partial charge in [-0.2, -0.15) is 0 Å². The van der Waals surface area contributed by atoms with Crippen molar-refractivity contribution in [3.05, 3.63) is 0 Å². The van der Waals surface area contributed by atoms with E-state index >= 15 is 0 Å². The Morgan fingerprint density at radius 3 is 2.29 bits per heavy atom. The molecule has 2 aliphatic rings. The number of hydrogen-bond donors (Lipinski definition) is 0. The van der Waals surface area contributed by atoms with Crippen LogP contribution in [0.15, 0.2) is 0 Å². The molecule has 0 spiro atoms. The predicted octanol–water partition coefficient (Wildman–Crippen LogP) is 1.73. The lowest BCUT2D eigenvalue weighted by Gasteiger charge is -2.20. The van der Waals surface area contributed by atoms with Crippen molar-refractivity contribution in [1.29, 1.82) is 0 Å². The highest BCUT2D eigenvalue weighted by atomic mass is 79.9. The topological polar surface area (TPSA) is 37.4 Å². The predicted molar refractivity (Wildman–Crippen MR) is 60.1 cm³/mol. The molecule has 1 heterocycles. The van der Waals surface area contributed by atoms with Crippen molar-refractivity contribution in [3.8, 4) is 0 Å². The van der Waals surface area contributed by atoms with Crippen molar-refractivity contribution >= 4 is 26.0 Å². The van der Waals surface area contributed by atoms with E-state index in [1.807, 2.05) is 0 Å². The molecule has 0 bridgehead atoms. The largest absolute Gasteiger partial charge is 0.217 e. The number of halogens is 1. The molecule has 0 aromatic heterocycles. The minimum atomic E-state index is -2.97. The Morgan fingerprint density at radius 1 is 1.14 bits per heavy atom. The summed E-state index contributed by atoms with van der Waals surface area (Å²) in [7, 11) is -2.97. The maximum atomic E-state index is 12.1. The Bertz CT molecular complexity index is 298. The molecule has 1 atom stereocenters. The van der Waals surface area contributed by atoms with Gasteiger partial charge in [0.25, 0.3) is 0 Å². The normalized spacial score (nSPS) is 31.4. The van der Waals surface area contributed by atoms with E-state index in [4.69, 9.17) is 0 Å². The number of hydrogen-bond acceptors (Lipinski definition) is 2. The summed E-state index contributed by atoms with van der Waals surface area (Å²) in [5, 5.41) is -0.0831. The smallest absolute Gasteiger partial charge is 0.212 e. The van der Waals surface area contributed by atoms with E-state index in [2.05, 4.69) is 15.9 Å². The summed E-state index contributed by atoms with van der Waals surface area (Å²) in [5.41, 5.74) is 0. The molecule has 0 aromatic carbocycles. The van der Waals surface area contributed by atoms with Gasteiger partial charge in [-0.05, 0) is 19.3 Å². The highest BCUT2D eigenvalue weighted by molar-refractivity contribution is 9.09. The molecule has 1 aliphatic carbocycles. The van der Waals surface area contributed by atoms with Crippen LogP contribution < -0.4 is 0 Å². The van der Waals surface area contributed by atoms with E-state index < -0.39 is 10.0 Å². The molecule has 0 aromatic rings. The molecule has 14 heavy (non-hydrogen) atoms. The van der Waals surface area contributed by atoms with Crippen molar-refractivity contribution in [2.75, 3.05) is 13.1 Å². The van der Waals surface area contributed by atoms with E-state index in [0.29, 0.717) is 17.9 Å². The first-order valence-corrected chi connectivity index (χ1v) is 7.65. The van der Waals surface area contributed by atoms with E-state index in [-0.39, 0.29) is 5.25 Å². The van der Waals surface area contributed by atoms with Crippen molar-refractivity contribution in [1.82, 2.24) is 4.31 Å². The molecule has 1 aliphatic heterocycles. The standard InChI is InChI=1S/C9H16BrNO2S/c10-8-5-6-11(7-8)14(12,13)9-3-1-2-4-9/h8-9H,1-7H2. The minimum absolute atomic E-state index is 0.0831. The van der Waals surface area contributed by atoms with Crippen LogP contribution in [0.2, 0.25) is 0 Å². The van der Waals surface area contributed by atoms with Crippen LogP contribution in [-0.2, 0) is 10.0 Å². The summed E-state index contributed by atoms with van der Waals surface area (Å²) >= 11 is 3.47. The van der Waals surface area contributed by atoms with Gasteiger partial charge in [0.05, 0.1) is 5.25 Å². The third-order valence-corrected chi connectivity index (χ3v) is 6.29. The van der Waals surface area contributed by atoms with Gasteiger partial charge in [-0.25, -0.2) is 12.7 Å². The van der Waals surface area contributed by atoms with Gasteiger partial charge in [-0.1, -0.05) is 28.8 Å². The third kappa shape index (κ3) is 1.99. The molecule has 1 saturated carbocycles. The molecule has 0 amide bonds. The average Bonchev–Trinajstić information content (AvgIpc) is 2.72. The van der Waals surface area contributed by atoms with E-state index in [0.717, 1.165) is 32.1 Å². The van der Waals surface area contributed by atoms with Crippen molar-refractivity contribution in [2.45, 2.75) is 42.2 Å². The first kappa shape index (κ1) is 10.9. The van der Waals surface area contributed by atoms with Crippen LogP contribution in [0, 0.1) is 0 Å². The van der Waals surface area contributed by atoms with Gasteiger partial charge in [0.2, 0.25) is 10.0 Å². The van der Waals surface area contributed by atoms with Gasteiger partial charge in [0.1, 0.15) is 0 Å². The van der Waals surface area contributed by atoms with Crippen LogP contribution >= 0.6 is 15.9 Å². The highest BCUT2D eigenvalue weighted by Crippen LogP contribution is 2.30. The molecule has 1 saturated heterocycles. The fourth-order valence-corrected chi connectivity index (χ4v) is 5.16. The van der Waals surface area contributed by atoms with Crippen molar-refractivity contribution < 1.29 is 8.42 Å². The SMILES string of the molecule is O=S(=O)(C1CCCC1)N1CCC(Br)C1. The van der Waals surface area contributed by atoms with E-state index in [1.54, 1.807) is 4.31 Å². The molecule has 5 heteroatoms. The van der Waals surface area contributed by atoms with Gasteiger partial charge < -0.3 is 0 Å². The van der Waals surface area contributed by atoms with Gasteiger partial charge >= 0.3 is 0 Å². The Labute approximate surface area is 94.0 Å². The molecular formula is C9H16BrNO2S. The third-order valence-electron chi connectivity index (χ3n) is 3.18. The second-order valence-electron chi connectivity index (χ2n) is 4.20. The summed E-state index contributed by atoms with van der Waals surface area (Å²) < 4.78 is 25.8. The van der Waals surface area contributed by atoms with Crippen LogP contribution in [-0.4, -0.2) is 35.9 Å². The van der Waals surface area contributed by atoms with Crippen molar-refractivity contribution in [2.24, 2.45) is 0 Å². The maximum Gasteiger partial charge on any atom is 0.217 e. The van der Waals surface area contributed by atoms with Crippen LogP contribution in [0.3, 0.4) is 0 Å². The summed E-state index contributed by atoms with van der Waals surface area (Å²) in [4.78, 5) is 0.360. The summed E-state index contributed by atoms with van der Waals surface area (Å²) in [5.74, 6) is 0. The fourth-order valence-electron chi connectivity index (χ4n) is 2.32. The zero-order chi connectivity index (χ0) is 10.2. The molecular weight excluding hydrogens is 266 g/mol. The van der Waals surface area contributed by atoms with E-state index in [1.165, 1.54) is 0 Å². The molecule has 82 valence electrons. The van der Waals surface area contributed by atoms with Crippen LogP contribution in [0.1, 0.15) is 32.1 Å². The van der Waals surface area contributed by atoms with Crippen LogP contribution in [0.5, 0.6) is 0 Å². The lowest BCUT2D eigenvalue weighted by atomic mass is 10.4. The Balaban J connectivity index is 2.07. The van der Waals surface area contributed by atoms with Crippen LogP contribution in [0.25, 0.3) is 0 Å². The first-order valence-electron chi connectivity index (χ1n) is 5.24. The lowest BCUT2D eigenvalue weighted by Crippen LogP contribution is -2.36. The quantitative estimate of drug-likeness (QED) is 0.723. The second-order valence-corrected chi connectivity index (χ2v) is 7.70. The highest BCUT2D eigenvalue weighted by Gasteiger charge is 2.37. The number of nitrogens with zero attached hydrogens (tertiary/aromatic N) is 1. The van der Waals surface area contributed by atoms with E-state index in [9.17, 15) is 8.42 Å². The Hall–Kier alpha value is 0.390. The van der Waals surface area contributed by atoms with Crippen LogP contribution in [0.4, 0.5) is 0 Å². The Kier molecular flexibility index (Phi) is 3.19. The molecule has 2 rings (SSSR count). The van der Waals surface area contributed by atoms with Crippen molar-refractivity contribution in [3.63, 3.8) is 0 Å². The zero-order valence-electron chi connectivity index (χ0n) is 8.15. The summed E-state index contributed by atoms with van der Waals surface area (Å²) in [6.07, 6.45) is 4.84. The fraction of sp³-hybridized carbons (Fsp3) is 1.00.